The first-order valence-electron chi connectivity index (χ1n) is 7.90. The molecule has 25 heavy (non-hydrogen) atoms. The number of hydrogen-bond donors (Lipinski definition) is 1. The van der Waals surface area contributed by atoms with Crippen molar-refractivity contribution in [1.82, 2.24) is 15.2 Å². The van der Waals surface area contributed by atoms with Crippen molar-refractivity contribution >= 4 is 39.1 Å². The van der Waals surface area contributed by atoms with Gasteiger partial charge in [0.25, 0.3) is 0 Å². The molecule has 7 heteroatoms. The molecule has 0 radical (unpaired) electrons. The van der Waals surface area contributed by atoms with Crippen molar-refractivity contribution in [2.75, 3.05) is 11.9 Å². The first-order chi connectivity index (χ1) is 12.3. The van der Waals surface area contributed by atoms with Gasteiger partial charge in [0.05, 0.1) is 15.6 Å². The van der Waals surface area contributed by atoms with Crippen molar-refractivity contribution in [2.45, 2.75) is 13.3 Å². The summed E-state index contributed by atoms with van der Waals surface area (Å²) < 4.78 is 0. The summed E-state index contributed by atoms with van der Waals surface area (Å²) >= 11 is 4.97. The van der Waals surface area contributed by atoms with Gasteiger partial charge in [0.2, 0.25) is 5.13 Å². The average Bonchev–Trinajstić information content (AvgIpc) is 3.37. The van der Waals surface area contributed by atoms with E-state index in [9.17, 15) is 0 Å². The molecule has 0 fully saturated rings. The number of aryl methyl sites for hydroxylation is 1. The van der Waals surface area contributed by atoms with Gasteiger partial charge in [-0.25, -0.2) is 4.98 Å². The Morgan fingerprint density at radius 3 is 2.64 bits per heavy atom. The largest absolute Gasteiger partial charge is 0.360 e. The maximum Gasteiger partial charge on any atom is 0.206 e. The lowest BCUT2D eigenvalue weighted by Crippen LogP contribution is -2.04. The topological polar surface area (TPSA) is 50.7 Å². The van der Waals surface area contributed by atoms with E-state index in [-0.39, 0.29) is 0 Å². The standard InChI is InChI=1S/C18H16N4S3/c1-12-20-15(11-24-12)14-6-4-13(5-7-14)8-9-19-18-22-21-17(25-18)16-3-2-10-23-16/h2-7,10-11H,8-9H2,1H3,(H,19,22). The van der Waals surface area contributed by atoms with E-state index in [1.165, 1.54) is 16.0 Å². The predicted octanol–water partition coefficient (Wildman–Crippen LogP) is 5.35. The fraction of sp³-hybridized carbons (Fsp3) is 0.167. The zero-order valence-corrected chi connectivity index (χ0v) is 16.0. The van der Waals surface area contributed by atoms with Crippen LogP contribution in [-0.2, 0) is 6.42 Å². The molecule has 0 atom stereocenters. The molecule has 0 spiro atoms. The average molecular weight is 385 g/mol. The minimum absolute atomic E-state index is 0.841. The number of anilines is 1. The monoisotopic (exact) mass is 384 g/mol. The summed E-state index contributed by atoms with van der Waals surface area (Å²) in [5.41, 5.74) is 3.53. The van der Waals surface area contributed by atoms with Crippen LogP contribution >= 0.6 is 34.0 Å². The third-order valence-corrected chi connectivity index (χ3v) is 6.41. The van der Waals surface area contributed by atoms with Crippen LogP contribution in [0, 0.1) is 6.92 Å². The van der Waals surface area contributed by atoms with Crippen LogP contribution in [0.1, 0.15) is 10.6 Å². The molecule has 1 N–H and O–H groups in total. The number of thiophene rings is 1. The highest BCUT2D eigenvalue weighted by Crippen LogP contribution is 2.29. The Morgan fingerprint density at radius 1 is 1.04 bits per heavy atom. The molecule has 0 unspecified atom stereocenters. The van der Waals surface area contributed by atoms with Gasteiger partial charge in [-0.15, -0.1) is 32.9 Å². The fourth-order valence-electron chi connectivity index (χ4n) is 2.45. The van der Waals surface area contributed by atoms with Crippen LogP contribution in [0.3, 0.4) is 0 Å². The molecule has 0 saturated heterocycles. The van der Waals surface area contributed by atoms with Crippen molar-refractivity contribution in [3.63, 3.8) is 0 Å². The van der Waals surface area contributed by atoms with Gasteiger partial charge in [-0.1, -0.05) is 41.7 Å². The van der Waals surface area contributed by atoms with Gasteiger partial charge in [0, 0.05) is 17.5 Å². The number of benzene rings is 1. The van der Waals surface area contributed by atoms with Crippen LogP contribution in [0.2, 0.25) is 0 Å². The van der Waals surface area contributed by atoms with Gasteiger partial charge < -0.3 is 5.32 Å². The van der Waals surface area contributed by atoms with E-state index in [2.05, 4.69) is 61.6 Å². The van der Waals surface area contributed by atoms with Crippen LogP contribution in [0.5, 0.6) is 0 Å². The van der Waals surface area contributed by atoms with Crippen LogP contribution in [0.15, 0.2) is 47.2 Å². The fourth-order valence-corrected chi connectivity index (χ4v) is 4.63. The molecule has 4 rings (SSSR count). The highest BCUT2D eigenvalue weighted by molar-refractivity contribution is 7.22. The molecule has 3 aromatic heterocycles. The minimum Gasteiger partial charge on any atom is -0.360 e. The zero-order chi connectivity index (χ0) is 17.1. The Labute approximate surface area is 158 Å². The molecule has 4 nitrogen and oxygen atoms in total. The normalized spacial score (nSPS) is 10.9. The van der Waals surface area contributed by atoms with Gasteiger partial charge in [-0.05, 0) is 30.4 Å². The first kappa shape index (κ1) is 16.4. The lowest BCUT2D eigenvalue weighted by Gasteiger charge is -2.04. The summed E-state index contributed by atoms with van der Waals surface area (Å²) in [5, 5.41) is 18.9. The van der Waals surface area contributed by atoms with E-state index in [1.807, 2.05) is 13.0 Å². The molecule has 0 bridgehead atoms. The van der Waals surface area contributed by atoms with Crippen LogP contribution in [-0.4, -0.2) is 21.7 Å². The smallest absolute Gasteiger partial charge is 0.206 e. The van der Waals surface area contributed by atoms with Crippen LogP contribution < -0.4 is 5.32 Å². The molecule has 4 aromatic rings. The van der Waals surface area contributed by atoms with E-state index in [4.69, 9.17) is 0 Å². The molecular weight excluding hydrogens is 368 g/mol. The van der Waals surface area contributed by atoms with Crippen molar-refractivity contribution < 1.29 is 0 Å². The van der Waals surface area contributed by atoms with Gasteiger partial charge in [-0.3, -0.25) is 0 Å². The third-order valence-electron chi connectivity index (χ3n) is 3.72. The minimum atomic E-state index is 0.841. The summed E-state index contributed by atoms with van der Waals surface area (Å²) in [7, 11) is 0. The molecule has 0 aliphatic carbocycles. The SMILES string of the molecule is Cc1nc(-c2ccc(CCNc3nnc(-c4cccs4)s3)cc2)cs1. The summed E-state index contributed by atoms with van der Waals surface area (Å²) in [6, 6.07) is 12.7. The molecule has 0 amide bonds. The number of rotatable bonds is 6. The Kier molecular flexibility index (Phi) is 4.87. The first-order valence-corrected chi connectivity index (χ1v) is 10.5. The highest BCUT2D eigenvalue weighted by Gasteiger charge is 2.07. The Bertz CT molecular complexity index is 939. The van der Waals surface area contributed by atoms with Crippen molar-refractivity contribution in [3.8, 4) is 21.1 Å². The third kappa shape index (κ3) is 3.95. The molecule has 126 valence electrons. The molecule has 0 saturated carbocycles. The Hall–Kier alpha value is -2.09. The van der Waals surface area contributed by atoms with Crippen LogP contribution in [0.25, 0.3) is 21.1 Å². The van der Waals surface area contributed by atoms with Crippen LogP contribution in [0.4, 0.5) is 5.13 Å². The van der Waals surface area contributed by atoms with Gasteiger partial charge >= 0.3 is 0 Å². The van der Waals surface area contributed by atoms with E-state index >= 15 is 0 Å². The summed E-state index contributed by atoms with van der Waals surface area (Å²) in [5.74, 6) is 0. The van der Waals surface area contributed by atoms with Gasteiger partial charge in [-0.2, -0.15) is 0 Å². The van der Waals surface area contributed by atoms with E-state index in [1.54, 1.807) is 34.0 Å². The summed E-state index contributed by atoms with van der Waals surface area (Å²) in [6.07, 6.45) is 0.949. The zero-order valence-electron chi connectivity index (χ0n) is 13.6. The van der Waals surface area contributed by atoms with Crippen molar-refractivity contribution in [1.29, 1.82) is 0 Å². The second-order valence-electron chi connectivity index (χ2n) is 5.52. The quantitative estimate of drug-likeness (QED) is 0.487. The van der Waals surface area contributed by atoms with Gasteiger partial charge in [0.15, 0.2) is 5.01 Å². The van der Waals surface area contributed by atoms with Crippen molar-refractivity contribution in [3.05, 3.63) is 57.7 Å². The lowest BCUT2D eigenvalue weighted by molar-refractivity contribution is 0.996. The highest BCUT2D eigenvalue weighted by atomic mass is 32.1. The maximum absolute atomic E-state index is 4.53. The lowest BCUT2D eigenvalue weighted by atomic mass is 10.1. The molecule has 0 aliphatic heterocycles. The molecule has 0 aliphatic rings. The number of nitrogens with zero attached hydrogens (tertiary/aromatic N) is 3. The Balaban J connectivity index is 1.33. The number of nitrogens with one attached hydrogen (secondary N) is 1. The predicted molar refractivity (Wildman–Crippen MR) is 108 cm³/mol. The maximum atomic E-state index is 4.53. The summed E-state index contributed by atoms with van der Waals surface area (Å²) in [4.78, 5) is 5.69. The second-order valence-corrected chi connectivity index (χ2v) is 8.50. The van der Waals surface area contributed by atoms with E-state index < -0.39 is 0 Å². The molecule has 3 heterocycles. The summed E-state index contributed by atoms with van der Waals surface area (Å²) in [6.45, 7) is 2.87. The molecular formula is C18H16N4S3. The van der Waals surface area contributed by atoms with E-state index in [0.717, 1.165) is 33.8 Å². The Morgan fingerprint density at radius 2 is 1.92 bits per heavy atom. The molecule has 1 aromatic carbocycles. The number of hydrogen-bond acceptors (Lipinski definition) is 7. The van der Waals surface area contributed by atoms with Gasteiger partial charge in [0.1, 0.15) is 0 Å². The number of thiazole rings is 1. The number of aromatic nitrogens is 3. The second kappa shape index (κ2) is 7.43. The van der Waals surface area contributed by atoms with E-state index in [0.29, 0.717) is 0 Å². The van der Waals surface area contributed by atoms with Crippen molar-refractivity contribution in [2.24, 2.45) is 0 Å².